The molecule has 1 rings (SSSR count). The van der Waals surface area contributed by atoms with Gasteiger partial charge in [0.15, 0.2) is 6.21 Å². The van der Waals surface area contributed by atoms with Crippen molar-refractivity contribution in [3.8, 4) is 0 Å². The molecule has 0 radical (unpaired) electrons. The Kier molecular flexibility index (Phi) is 3.90. The van der Waals surface area contributed by atoms with E-state index in [0.717, 1.165) is 0 Å². The van der Waals surface area contributed by atoms with Crippen molar-refractivity contribution >= 4 is 18.8 Å². The predicted molar refractivity (Wildman–Crippen MR) is 47.9 cm³/mol. The Balaban J connectivity index is 0.000000424. The Morgan fingerprint density at radius 3 is 2.54 bits per heavy atom. The molecule has 13 heavy (non-hydrogen) atoms. The zero-order valence-corrected chi connectivity index (χ0v) is 7.43. The Labute approximate surface area is 75.9 Å². The van der Waals surface area contributed by atoms with Gasteiger partial charge in [0.2, 0.25) is 5.54 Å². The number of carbonyl (C=O) groups excluding carboxylic acids is 1. The molecule has 0 bridgehead atoms. The molecule has 0 aliphatic carbocycles. The van der Waals surface area contributed by atoms with Crippen molar-refractivity contribution in [1.82, 2.24) is 0 Å². The van der Waals surface area contributed by atoms with E-state index < -0.39 is 11.4 Å². The molecule has 0 aromatic carbocycles. The molecule has 0 spiro atoms. The van der Waals surface area contributed by atoms with Gasteiger partial charge in [0.1, 0.15) is 0 Å². The van der Waals surface area contributed by atoms with Crippen LogP contribution in [0.15, 0.2) is 5.16 Å². The first-order valence-corrected chi connectivity index (χ1v) is 3.69. The maximum absolute atomic E-state index is 10.9. The highest BCUT2D eigenvalue weighted by Gasteiger charge is 2.42. The third-order valence-electron chi connectivity index (χ3n) is 1.94. The number of oxime groups is 1. The van der Waals surface area contributed by atoms with Gasteiger partial charge < -0.3 is 16.1 Å². The van der Waals surface area contributed by atoms with E-state index in [9.17, 15) is 10.0 Å². The molecule has 74 valence electrons. The first kappa shape index (κ1) is 11.4. The molecule has 6 heteroatoms. The van der Waals surface area contributed by atoms with Crippen LogP contribution in [0.1, 0.15) is 19.8 Å². The zero-order valence-electron chi connectivity index (χ0n) is 7.43. The molecule has 1 aliphatic heterocycles. The molecule has 1 heterocycles. The summed E-state index contributed by atoms with van der Waals surface area (Å²) >= 11 is 0. The number of nitrogens with two attached hydrogens (primary N) is 1. The summed E-state index contributed by atoms with van der Waals surface area (Å²) in [6.07, 6.45) is 2.62. The number of hydrogen-bond donors (Lipinski definition) is 2. The molecule has 0 aromatic heterocycles. The molecule has 1 amide bonds. The lowest BCUT2D eigenvalue weighted by atomic mass is 9.99. The van der Waals surface area contributed by atoms with Crippen LogP contribution in [0.2, 0.25) is 0 Å². The van der Waals surface area contributed by atoms with Crippen molar-refractivity contribution in [2.45, 2.75) is 25.3 Å². The molecule has 0 saturated heterocycles. The number of primary amides is 1. The minimum absolute atomic E-state index is 0.534. The highest BCUT2D eigenvalue weighted by atomic mass is 16.5. The van der Waals surface area contributed by atoms with E-state index in [1.165, 1.54) is 6.21 Å². The molecule has 0 aromatic rings. The summed E-state index contributed by atoms with van der Waals surface area (Å²) in [4.78, 5) is 10.7. The Morgan fingerprint density at radius 1 is 1.92 bits per heavy atom. The van der Waals surface area contributed by atoms with Gasteiger partial charge in [0, 0.05) is 26.5 Å². The molecule has 1 unspecified atom stereocenters. The largest absolute Gasteiger partial charge is 0.623 e. The number of hydrogen-bond acceptors (Lipinski definition) is 4. The van der Waals surface area contributed by atoms with Crippen molar-refractivity contribution in [1.29, 1.82) is 0 Å². The van der Waals surface area contributed by atoms with Crippen LogP contribution in [0.3, 0.4) is 0 Å². The zero-order chi connectivity index (χ0) is 10.5. The number of hydroxylamine groups is 1. The average molecular weight is 187 g/mol. The first-order valence-electron chi connectivity index (χ1n) is 3.69. The number of amides is 1. The van der Waals surface area contributed by atoms with Gasteiger partial charge in [-0.1, -0.05) is 0 Å². The second kappa shape index (κ2) is 4.44. The van der Waals surface area contributed by atoms with E-state index in [2.05, 4.69) is 11.9 Å². The summed E-state index contributed by atoms with van der Waals surface area (Å²) in [7, 11) is 0. The fraction of sp³-hybridized carbons (Fsp3) is 0.571. The van der Waals surface area contributed by atoms with Gasteiger partial charge in [-0.2, -0.15) is 0 Å². The summed E-state index contributed by atoms with van der Waals surface area (Å²) in [6, 6.07) is 0. The molecule has 1 atom stereocenters. The van der Waals surface area contributed by atoms with Crippen LogP contribution >= 0.6 is 0 Å². The summed E-state index contributed by atoms with van der Waals surface area (Å²) in [5.41, 5.74) is 4.04. The summed E-state index contributed by atoms with van der Waals surface area (Å²) in [5.74, 6) is -0.545. The van der Waals surface area contributed by atoms with Gasteiger partial charge in [-0.25, -0.2) is 4.74 Å². The minimum atomic E-state index is -0.986. The average Bonchev–Trinajstić information content (AvgIpc) is 2.35. The van der Waals surface area contributed by atoms with Gasteiger partial charge in [0.05, 0.1) is 0 Å². The Morgan fingerprint density at radius 2 is 2.38 bits per heavy atom. The predicted octanol–water partition coefficient (Wildman–Crippen LogP) is -0.319. The van der Waals surface area contributed by atoms with E-state index in [1.54, 1.807) is 6.92 Å². The normalized spacial score (nSPS) is 25.5. The van der Waals surface area contributed by atoms with Gasteiger partial charge >= 0.3 is 0 Å². The van der Waals surface area contributed by atoms with E-state index in [0.29, 0.717) is 17.6 Å². The van der Waals surface area contributed by atoms with E-state index >= 15 is 0 Å². The van der Waals surface area contributed by atoms with Crippen LogP contribution < -0.4 is 5.73 Å². The van der Waals surface area contributed by atoms with Crippen molar-refractivity contribution in [3.63, 3.8) is 0 Å². The van der Waals surface area contributed by atoms with Crippen LogP contribution in [0, 0.1) is 5.21 Å². The second-order valence-corrected chi connectivity index (χ2v) is 2.83. The SMILES string of the molecule is C=NO.CC1(C(N)=O)CCC=[N+]1[O-]. The van der Waals surface area contributed by atoms with E-state index in [-0.39, 0.29) is 0 Å². The van der Waals surface area contributed by atoms with Crippen LogP contribution in [0.25, 0.3) is 0 Å². The third kappa shape index (κ3) is 2.43. The van der Waals surface area contributed by atoms with Crippen LogP contribution in [-0.2, 0) is 4.79 Å². The minimum Gasteiger partial charge on any atom is -0.623 e. The maximum Gasteiger partial charge on any atom is 0.290 e. The highest BCUT2D eigenvalue weighted by Crippen LogP contribution is 2.20. The van der Waals surface area contributed by atoms with Crippen LogP contribution in [-0.4, -0.2) is 34.3 Å². The number of rotatable bonds is 1. The smallest absolute Gasteiger partial charge is 0.290 e. The van der Waals surface area contributed by atoms with E-state index in [1.807, 2.05) is 0 Å². The van der Waals surface area contributed by atoms with Crippen LogP contribution in [0.5, 0.6) is 0 Å². The van der Waals surface area contributed by atoms with Gasteiger partial charge in [-0.05, 0) is 0 Å². The second-order valence-electron chi connectivity index (χ2n) is 2.83. The fourth-order valence-electron chi connectivity index (χ4n) is 1.01. The van der Waals surface area contributed by atoms with Crippen molar-refractivity contribution in [2.24, 2.45) is 10.9 Å². The lowest BCUT2D eigenvalue weighted by Gasteiger charge is -2.18. The molecule has 3 N–H and O–H groups in total. The molecular formula is C7H13N3O3. The van der Waals surface area contributed by atoms with Gasteiger partial charge in [-0.15, -0.1) is 5.16 Å². The Hall–Kier alpha value is -1.59. The van der Waals surface area contributed by atoms with Crippen molar-refractivity contribution in [2.75, 3.05) is 0 Å². The lowest BCUT2D eigenvalue weighted by molar-refractivity contribution is -0.514. The standard InChI is InChI=1S/C6H10N2O2.CH3NO/c1-6(5(7)9)3-2-4-8(6)10;1-2-3/h4H,2-3H2,1H3,(H2,7,9);3H,1H2. The molecule has 6 nitrogen and oxygen atoms in total. The fourth-order valence-corrected chi connectivity index (χ4v) is 1.01. The number of nitrogens with zero attached hydrogens (tertiary/aromatic N) is 2. The van der Waals surface area contributed by atoms with Crippen molar-refractivity contribution in [3.05, 3.63) is 5.21 Å². The quantitative estimate of drug-likeness (QED) is 0.193. The van der Waals surface area contributed by atoms with Gasteiger partial charge in [-0.3, -0.25) is 4.79 Å². The number of carbonyl (C=O) groups is 1. The first-order chi connectivity index (χ1) is 5.99. The van der Waals surface area contributed by atoms with Crippen LogP contribution in [0.4, 0.5) is 0 Å². The molecule has 0 fully saturated rings. The maximum atomic E-state index is 10.9. The van der Waals surface area contributed by atoms with Gasteiger partial charge in [0.25, 0.3) is 5.91 Å². The third-order valence-corrected chi connectivity index (χ3v) is 1.94. The molecular weight excluding hydrogens is 174 g/mol. The molecule has 0 saturated carbocycles. The lowest BCUT2D eigenvalue weighted by Crippen LogP contribution is -2.45. The van der Waals surface area contributed by atoms with E-state index in [4.69, 9.17) is 10.9 Å². The Bertz CT molecular complexity index is 239. The topological polar surface area (TPSA) is 102 Å². The molecule has 1 aliphatic rings. The summed E-state index contributed by atoms with van der Waals surface area (Å²) in [6.45, 7) is 4.23. The monoisotopic (exact) mass is 187 g/mol. The summed E-state index contributed by atoms with van der Waals surface area (Å²) in [5, 5.41) is 20.2. The summed E-state index contributed by atoms with van der Waals surface area (Å²) < 4.78 is 0.648. The van der Waals surface area contributed by atoms with Crippen molar-refractivity contribution < 1.29 is 14.7 Å². The highest BCUT2D eigenvalue weighted by molar-refractivity contribution is 5.84.